The first-order valence-electron chi connectivity index (χ1n) is 8.82. The molecule has 1 fully saturated rings. The first-order chi connectivity index (χ1) is 12.2. The van der Waals surface area contributed by atoms with E-state index in [1.54, 1.807) is 18.7 Å². The summed E-state index contributed by atoms with van der Waals surface area (Å²) in [6.45, 7) is 3.75. The van der Waals surface area contributed by atoms with E-state index in [1.807, 2.05) is 30.3 Å². The van der Waals surface area contributed by atoms with Crippen LogP contribution in [0.5, 0.6) is 0 Å². The van der Waals surface area contributed by atoms with E-state index in [0.29, 0.717) is 19.4 Å². The number of carbonyl (C=O) groups excluding carboxylic acids is 1. The van der Waals surface area contributed by atoms with Crippen molar-refractivity contribution in [3.8, 4) is 0 Å². The summed E-state index contributed by atoms with van der Waals surface area (Å²) in [5, 5.41) is 3.89. The van der Waals surface area contributed by atoms with Gasteiger partial charge in [-0.15, -0.1) is 0 Å². The molecule has 2 amide bonds. The van der Waals surface area contributed by atoms with Gasteiger partial charge >= 0.3 is 6.03 Å². The number of piperidine rings is 1. The summed E-state index contributed by atoms with van der Waals surface area (Å²) >= 11 is 0. The number of nitrogens with one attached hydrogen (secondary N) is 1. The molecule has 2 unspecified atom stereocenters. The minimum atomic E-state index is -3.24. The molecule has 1 N–H and O–H groups in total. The Morgan fingerprint density at radius 3 is 2.54 bits per heavy atom. The van der Waals surface area contributed by atoms with Crippen molar-refractivity contribution in [1.82, 2.24) is 10.2 Å². The molecule has 1 aromatic carbocycles. The van der Waals surface area contributed by atoms with Crippen molar-refractivity contribution in [2.24, 2.45) is 5.92 Å². The molecular weight excluding hydrogens is 355 g/mol. The van der Waals surface area contributed by atoms with Crippen LogP contribution >= 0.6 is 0 Å². The lowest BCUT2D eigenvalue weighted by atomic mass is 9.85. The molecule has 5 nitrogen and oxygen atoms in total. The molecule has 144 valence electrons. The SMILES string of the molecule is CC(/C=C/S(C)(=O)=O)NC(=O)N1CC[C@@H](C(C)F)C[C@H]1c1ccccc1. The van der Waals surface area contributed by atoms with Crippen LogP contribution in [0.25, 0.3) is 0 Å². The number of urea groups is 1. The fraction of sp³-hybridized carbons (Fsp3) is 0.526. The van der Waals surface area contributed by atoms with E-state index in [1.165, 1.54) is 6.08 Å². The quantitative estimate of drug-likeness (QED) is 0.848. The minimum Gasteiger partial charge on any atom is -0.332 e. The summed E-state index contributed by atoms with van der Waals surface area (Å²) in [5.41, 5.74) is 0.979. The van der Waals surface area contributed by atoms with Gasteiger partial charge in [0, 0.05) is 24.3 Å². The number of hydrogen-bond acceptors (Lipinski definition) is 3. The molecule has 1 aromatic rings. The Labute approximate surface area is 155 Å². The fourth-order valence-corrected chi connectivity index (χ4v) is 3.75. The highest BCUT2D eigenvalue weighted by atomic mass is 32.2. The third kappa shape index (κ3) is 5.83. The minimum absolute atomic E-state index is 0.0770. The van der Waals surface area contributed by atoms with Crippen molar-refractivity contribution in [3.63, 3.8) is 0 Å². The monoisotopic (exact) mass is 382 g/mol. The number of alkyl halides is 1. The second kappa shape index (κ2) is 8.66. The largest absolute Gasteiger partial charge is 0.332 e. The van der Waals surface area contributed by atoms with Gasteiger partial charge in [-0.3, -0.25) is 0 Å². The van der Waals surface area contributed by atoms with Crippen LogP contribution in [0.2, 0.25) is 0 Å². The van der Waals surface area contributed by atoms with Crippen molar-refractivity contribution in [2.75, 3.05) is 12.8 Å². The van der Waals surface area contributed by atoms with Crippen LogP contribution in [0, 0.1) is 5.92 Å². The van der Waals surface area contributed by atoms with Gasteiger partial charge in [0.1, 0.15) is 6.17 Å². The van der Waals surface area contributed by atoms with Crippen LogP contribution in [-0.2, 0) is 9.84 Å². The average Bonchev–Trinajstić information content (AvgIpc) is 2.59. The Balaban J connectivity index is 2.14. The molecule has 7 heteroatoms. The molecular formula is C19H27FN2O3S. The predicted molar refractivity (Wildman–Crippen MR) is 101 cm³/mol. The van der Waals surface area contributed by atoms with Crippen LogP contribution in [0.1, 0.15) is 38.3 Å². The molecule has 0 aliphatic carbocycles. The molecule has 0 radical (unpaired) electrons. The second-order valence-electron chi connectivity index (χ2n) is 6.98. The predicted octanol–water partition coefficient (Wildman–Crippen LogP) is 3.45. The highest BCUT2D eigenvalue weighted by molar-refractivity contribution is 7.93. The van der Waals surface area contributed by atoms with Crippen LogP contribution in [0.3, 0.4) is 0 Å². The molecule has 1 aliphatic heterocycles. The normalized spacial score (nSPS) is 23.6. The summed E-state index contributed by atoms with van der Waals surface area (Å²) in [6, 6.07) is 8.73. The molecule has 1 aliphatic rings. The zero-order valence-electron chi connectivity index (χ0n) is 15.4. The summed E-state index contributed by atoms with van der Waals surface area (Å²) in [5.74, 6) is -0.0770. The van der Waals surface area contributed by atoms with Gasteiger partial charge in [-0.25, -0.2) is 17.6 Å². The second-order valence-corrected chi connectivity index (χ2v) is 8.91. The maximum atomic E-state index is 13.8. The number of benzene rings is 1. The Bertz CT molecular complexity index is 734. The van der Waals surface area contributed by atoms with Crippen LogP contribution in [0.15, 0.2) is 41.8 Å². The van der Waals surface area contributed by atoms with Crippen molar-refractivity contribution >= 4 is 15.9 Å². The van der Waals surface area contributed by atoms with Crippen molar-refractivity contribution in [2.45, 2.75) is 44.9 Å². The number of nitrogens with zero attached hydrogens (tertiary/aromatic N) is 1. The van der Waals surface area contributed by atoms with Crippen LogP contribution < -0.4 is 5.32 Å². The molecule has 0 saturated carbocycles. The van der Waals surface area contributed by atoms with E-state index in [0.717, 1.165) is 17.2 Å². The molecule has 0 bridgehead atoms. The summed E-state index contributed by atoms with van der Waals surface area (Å²) in [7, 11) is -3.24. The number of sulfone groups is 1. The van der Waals surface area contributed by atoms with E-state index >= 15 is 0 Å². The van der Waals surface area contributed by atoms with Gasteiger partial charge in [0.15, 0.2) is 9.84 Å². The first kappa shape index (κ1) is 20.4. The summed E-state index contributed by atoms with van der Waals surface area (Å²) in [4.78, 5) is 14.5. The molecule has 4 atom stereocenters. The van der Waals surface area contributed by atoms with E-state index in [2.05, 4.69) is 5.32 Å². The van der Waals surface area contributed by atoms with Crippen molar-refractivity contribution in [1.29, 1.82) is 0 Å². The van der Waals surface area contributed by atoms with Crippen LogP contribution in [0.4, 0.5) is 9.18 Å². The third-order valence-electron chi connectivity index (χ3n) is 4.70. The maximum Gasteiger partial charge on any atom is 0.318 e. The highest BCUT2D eigenvalue weighted by Crippen LogP contribution is 2.36. The molecule has 1 saturated heterocycles. The molecule has 0 spiro atoms. The average molecular weight is 383 g/mol. The number of carbonyl (C=O) groups is 1. The van der Waals surface area contributed by atoms with E-state index in [-0.39, 0.29) is 18.0 Å². The lowest BCUT2D eigenvalue weighted by molar-refractivity contribution is 0.0936. The Morgan fingerprint density at radius 1 is 1.31 bits per heavy atom. The van der Waals surface area contributed by atoms with Gasteiger partial charge < -0.3 is 10.2 Å². The Morgan fingerprint density at radius 2 is 1.96 bits per heavy atom. The van der Waals surface area contributed by atoms with Crippen molar-refractivity contribution in [3.05, 3.63) is 47.4 Å². The first-order valence-corrected chi connectivity index (χ1v) is 10.8. The van der Waals surface area contributed by atoms with Crippen LogP contribution in [-0.4, -0.2) is 44.4 Å². The van der Waals surface area contributed by atoms with E-state index in [9.17, 15) is 17.6 Å². The standard InChI is InChI=1S/C19H27FN2O3S/c1-14(10-12-26(3,24)25)21-19(23)22-11-9-17(15(2)20)13-18(22)16-7-5-4-6-8-16/h4-8,10,12,14-15,17-18H,9,11,13H2,1-3H3,(H,21,23)/b12-10+/t14?,15?,17-,18+/m1/s1. The number of likely N-dealkylation sites (tertiary alicyclic amines) is 1. The van der Waals surface area contributed by atoms with Gasteiger partial charge in [-0.05, 0) is 38.2 Å². The number of hydrogen-bond donors (Lipinski definition) is 1. The van der Waals surface area contributed by atoms with Gasteiger partial charge in [-0.1, -0.05) is 36.4 Å². The zero-order chi connectivity index (χ0) is 19.3. The third-order valence-corrected chi connectivity index (χ3v) is 5.35. The smallest absolute Gasteiger partial charge is 0.318 e. The zero-order valence-corrected chi connectivity index (χ0v) is 16.2. The Hall–Kier alpha value is -1.89. The maximum absolute atomic E-state index is 13.8. The lowest BCUT2D eigenvalue weighted by Gasteiger charge is -2.40. The topological polar surface area (TPSA) is 66.5 Å². The van der Waals surface area contributed by atoms with Gasteiger partial charge in [0.2, 0.25) is 0 Å². The molecule has 26 heavy (non-hydrogen) atoms. The molecule has 1 heterocycles. The highest BCUT2D eigenvalue weighted by Gasteiger charge is 2.35. The molecule has 2 rings (SSSR count). The van der Waals surface area contributed by atoms with Gasteiger partial charge in [0.25, 0.3) is 0 Å². The Kier molecular flexibility index (Phi) is 6.81. The fourth-order valence-electron chi connectivity index (χ4n) is 3.23. The van der Waals surface area contributed by atoms with E-state index in [4.69, 9.17) is 0 Å². The van der Waals surface area contributed by atoms with Gasteiger partial charge in [-0.2, -0.15) is 0 Å². The molecule has 0 aromatic heterocycles. The van der Waals surface area contributed by atoms with Crippen molar-refractivity contribution < 1.29 is 17.6 Å². The summed E-state index contributed by atoms with van der Waals surface area (Å²) < 4.78 is 36.3. The van der Waals surface area contributed by atoms with E-state index < -0.39 is 22.1 Å². The van der Waals surface area contributed by atoms with Gasteiger partial charge in [0.05, 0.1) is 6.04 Å². The number of amides is 2. The summed E-state index contributed by atoms with van der Waals surface area (Å²) in [6.07, 6.45) is 2.82. The number of rotatable bonds is 5. The lowest BCUT2D eigenvalue weighted by Crippen LogP contribution is -2.49. The number of halogens is 1.